The molecular formula is C8H13N3. The van der Waals surface area contributed by atoms with E-state index >= 15 is 0 Å². The predicted octanol–water partition coefficient (Wildman–Crippen LogP) is 1.61. The van der Waals surface area contributed by atoms with Crippen molar-refractivity contribution >= 4 is 0 Å². The molecule has 1 heterocycles. The Morgan fingerprint density at radius 2 is 1.36 bits per heavy atom. The zero-order valence-corrected chi connectivity index (χ0v) is 7.42. The number of rotatable bonds is 1. The topological polar surface area (TPSA) is 38.7 Å². The lowest BCUT2D eigenvalue weighted by molar-refractivity contribution is 0.732. The van der Waals surface area contributed by atoms with Crippen LogP contribution in [0.3, 0.4) is 0 Å². The summed E-state index contributed by atoms with van der Waals surface area (Å²) < 4.78 is 0. The Hall–Kier alpha value is -0.990. The Balaban J connectivity index is 3.08. The molecule has 0 aliphatic heterocycles. The lowest BCUT2D eigenvalue weighted by atomic mass is 10.2. The van der Waals surface area contributed by atoms with Crippen molar-refractivity contribution in [1.29, 1.82) is 0 Å². The minimum Gasteiger partial charge on any atom is -0.219 e. The van der Waals surface area contributed by atoms with Crippen LogP contribution >= 0.6 is 0 Å². The third kappa shape index (κ3) is 1.97. The number of hydrogen-bond donors (Lipinski definition) is 0. The second-order valence-electron chi connectivity index (χ2n) is 2.94. The van der Waals surface area contributed by atoms with Gasteiger partial charge in [0.2, 0.25) is 0 Å². The molecule has 0 amide bonds. The van der Waals surface area contributed by atoms with Crippen LogP contribution in [0.2, 0.25) is 0 Å². The maximum Gasteiger partial charge on any atom is 0.135 e. The van der Waals surface area contributed by atoms with E-state index in [9.17, 15) is 0 Å². The first-order chi connectivity index (χ1) is 5.09. The van der Waals surface area contributed by atoms with Crippen molar-refractivity contribution in [3.8, 4) is 0 Å². The summed E-state index contributed by atoms with van der Waals surface area (Å²) in [4.78, 5) is 12.5. The highest BCUT2D eigenvalue weighted by Gasteiger charge is 2.03. The summed E-state index contributed by atoms with van der Waals surface area (Å²) in [5.41, 5.74) is 0. The Morgan fingerprint density at radius 1 is 0.909 bits per heavy atom. The largest absolute Gasteiger partial charge is 0.219 e. The molecule has 0 radical (unpaired) electrons. The van der Waals surface area contributed by atoms with Crippen LogP contribution in [0.25, 0.3) is 0 Å². The minimum absolute atomic E-state index is 0.385. The van der Waals surface area contributed by atoms with Gasteiger partial charge in [-0.2, -0.15) is 0 Å². The predicted molar refractivity (Wildman–Crippen MR) is 43.4 cm³/mol. The highest BCUT2D eigenvalue weighted by molar-refractivity contribution is 4.97. The first kappa shape index (κ1) is 8.11. The molecule has 3 heteroatoms. The Labute approximate surface area is 66.9 Å². The average molecular weight is 151 g/mol. The lowest BCUT2D eigenvalue weighted by Gasteiger charge is -2.03. The van der Waals surface area contributed by atoms with E-state index < -0.39 is 0 Å². The van der Waals surface area contributed by atoms with Gasteiger partial charge in [-0.05, 0) is 13.8 Å². The van der Waals surface area contributed by atoms with Gasteiger partial charge < -0.3 is 0 Å². The highest BCUT2D eigenvalue weighted by atomic mass is 15.0. The summed E-state index contributed by atoms with van der Waals surface area (Å²) in [6.45, 7) is 7.93. The molecule has 0 N–H and O–H groups in total. The van der Waals surface area contributed by atoms with E-state index in [1.54, 1.807) is 0 Å². The maximum absolute atomic E-state index is 4.21. The van der Waals surface area contributed by atoms with Gasteiger partial charge in [0.25, 0.3) is 0 Å². The summed E-state index contributed by atoms with van der Waals surface area (Å²) in [5, 5.41) is 0. The van der Waals surface area contributed by atoms with E-state index in [0.717, 1.165) is 17.5 Å². The molecule has 60 valence electrons. The van der Waals surface area contributed by atoms with E-state index in [4.69, 9.17) is 0 Å². The van der Waals surface area contributed by atoms with Gasteiger partial charge in [0.15, 0.2) is 0 Å². The van der Waals surface area contributed by atoms with Crippen LogP contribution in [0, 0.1) is 13.8 Å². The number of nitrogens with zero attached hydrogens (tertiary/aromatic N) is 3. The summed E-state index contributed by atoms with van der Waals surface area (Å²) in [5.74, 6) is 2.88. The lowest BCUT2D eigenvalue weighted by Crippen LogP contribution is -2.03. The fraction of sp³-hybridized carbons (Fsp3) is 0.625. The highest BCUT2D eigenvalue weighted by Crippen LogP contribution is 2.07. The van der Waals surface area contributed by atoms with Gasteiger partial charge in [-0.25, -0.2) is 15.0 Å². The smallest absolute Gasteiger partial charge is 0.135 e. The molecule has 0 aliphatic carbocycles. The van der Waals surface area contributed by atoms with Gasteiger partial charge in [-0.3, -0.25) is 0 Å². The first-order valence-electron chi connectivity index (χ1n) is 3.79. The SMILES string of the molecule is Cc1nc(C)nc(C(C)C)n1. The van der Waals surface area contributed by atoms with Crippen LogP contribution in [-0.2, 0) is 0 Å². The van der Waals surface area contributed by atoms with Crippen molar-refractivity contribution in [3.05, 3.63) is 17.5 Å². The zero-order valence-electron chi connectivity index (χ0n) is 7.42. The van der Waals surface area contributed by atoms with Crippen LogP contribution in [0.15, 0.2) is 0 Å². The molecule has 0 unspecified atom stereocenters. The zero-order chi connectivity index (χ0) is 8.43. The number of aromatic nitrogens is 3. The molecular weight excluding hydrogens is 138 g/mol. The molecule has 3 nitrogen and oxygen atoms in total. The summed E-state index contributed by atoms with van der Waals surface area (Å²) in [6, 6.07) is 0. The monoisotopic (exact) mass is 151 g/mol. The summed E-state index contributed by atoms with van der Waals surface area (Å²) in [6.07, 6.45) is 0. The van der Waals surface area contributed by atoms with Crippen molar-refractivity contribution in [2.75, 3.05) is 0 Å². The normalized spacial score (nSPS) is 10.6. The van der Waals surface area contributed by atoms with E-state index in [0.29, 0.717) is 5.92 Å². The third-order valence-corrected chi connectivity index (χ3v) is 1.39. The first-order valence-corrected chi connectivity index (χ1v) is 3.79. The molecule has 1 aromatic rings. The Bertz CT molecular complexity index is 235. The van der Waals surface area contributed by atoms with Gasteiger partial charge in [0, 0.05) is 5.92 Å². The number of aryl methyl sites for hydroxylation is 2. The van der Waals surface area contributed by atoms with E-state index in [1.807, 2.05) is 13.8 Å². The quantitative estimate of drug-likeness (QED) is 0.612. The molecule has 1 aromatic heterocycles. The van der Waals surface area contributed by atoms with Gasteiger partial charge in [0.05, 0.1) is 0 Å². The second-order valence-corrected chi connectivity index (χ2v) is 2.94. The van der Waals surface area contributed by atoms with E-state index in [-0.39, 0.29) is 0 Å². The van der Waals surface area contributed by atoms with Crippen LogP contribution in [0.4, 0.5) is 0 Å². The number of hydrogen-bond acceptors (Lipinski definition) is 3. The molecule has 11 heavy (non-hydrogen) atoms. The van der Waals surface area contributed by atoms with Gasteiger partial charge in [-0.15, -0.1) is 0 Å². The van der Waals surface area contributed by atoms with Gasteiger partial charge in [0.1, 0.15) is 17.5 Å². The summed E-state index contributed by atoms with van der Waals surface area (Å²) in [7, 11) is 0. The van der Waals surface area contributed by atoms with Crippen molar-refractivity contribution in [3.63, 3.8) is 0 Å². The van der Waals surface area contributed by atoms with Gasteiger partial charge >= 0.3 is 0 Å². The standard InChI is InChI=1S/C8H13N3/c1-5(2)8-10-6(3)9-7(4)11-8/h5H,1-4H3. The van der Waals surface area contributed by atoms with E-state index in [1.165, 1.54) is 0 Å². The molecule has 0 bridgehead atoms. The van der Waals surface area contributed by atoms with Crippen molar-refractivity contribution in [2.45, 2.75) is 33.6 Å². The Morgan fingerprint density at radius 3 is 1.73 bits per heavy atom. The molecule has 0 atom stereocenters. The Kier molecular flexibility index (Phi) is 2.17. The van der Waals surface area contributed by atoms with Gasteiger partial charge in [-0.1, -0.05) is 13.8 Å². The van der Waals surface area contributed by atoms with Crippen molar-refractivity contribution in [2.24, 2.45) is 0 Å². The van der Waals surface area contributed by atoms with Crippen molar-refractivity contribution in [1.82, 2.24) is 15.0 Å². The van der Waals surface area contributed by atoms with Crippen LogP contribution in [0.1, 0.15) is 37.2 Å². The molecule has 0 aromatic carbocycles. The van der Waals surface area contributed by atoms with Crippen LogP contribution in [0.5, 0.6) is 0 Å². The molecule has 0 saturated heterocycles. The van der Waals surface area contributed by atoms with Crippen LogP contribution < -0.4 is 0 Å². The fourth-order valence-corrected chi connectivity index (χ4v) is 0.899. The third-order valence-electron chi connectivity index (χ3n) is 1.39. The fourth-order valence-electron chi connectivity index (χ4n) is 0.899. The molecule has 0 spiro atoms. The second kappa shape index (κ2) is 2.95. The van der Waals surface area contributed by atoms with Crippen LogP contribution in [-0.4, -0.2) is 15.0 Å². The average Bonchev–Trinajstić information content (AvgIpc) is 1.85. The van der Waals surface area contributed by atoms with Crippen molar-refractivity contribution < 1.29 is 0 Å². The molecule has 0 fully saturated rings. The van der Waals surface area contributed by atoms with E-state index in [2.05, 4.69) is 28.8 Å². The maximum atomic E-state index is 4.21. The minimum atomic E-state index is 0.385. The molecule has 0 aliphatic rings. The molecule has 1 rings (SSSR count). The summed E-state index contributed by atoms with van der Waals surface area (Å²) >= 11 is 0. The molecule has 0 saturated carbocycles.